The quantitative estimate of drug-likeness (QED) is 0.593. The first kappa shape index (κ1) is 11.7. The van der Waals surface area contributed by atoms with Gasteiger partial charge in [-0.1, -0.05) is 6.08 Å². The van der Waals surface area contributed by atoms with E-state index in [9.17, 15) is 0 Å². The highest BCUT2D eigenvalue weighted by molar-refractivity contribution is 4.89. The molecule has 0 spiro atoms. The molecule has 0 amide bonds. The predicted molar refractivity (Wildman–Crippen MR) is 51.3 cm³/mol. The van der Waals surface area contributed by atoms with Gasteiger partial charge in [-0.25, -0.2) is 0 Å². The van der Waals surface area contributed by atoms with Gasteiger partial charge in [-0.2, -0.15) is 0 Å². The molecule has 72 valence electrons. The molecule has 0 atom stereocenters. The summed E-state index contributed by atoms with van der Waals surface area (Å²) in [6, 6.07) is 0. The van der Waals surface area contributed by atoms with Crippen LogP contribution in [0.4, 0.5) is 0 Å². The molecule has 0 aliphatic carbocycles. The second-order valence-electron chi connectivity index (χ2n) is 3.82. The van der Waals surface area contributed by atoms with Gasteiger partial charge >= 0.3 is 0 Å². The van der Waals surface area contributed by atoms with Crippen LogP contribution in [0.2, 0.25) is 0 Å². The molecule has 0 N–H and O–H groups in total. The lowest BCUT2D eigenvalue weighted by Gasteiger charge is -2.39. The zero-order chi connectivity index (χ0) is 9.83. The number of methoxy groups -OCH3 is 1. The second kappa shape index (κ2) is 4.06. The van der Waals surface area contributed by atoms with Crippen molar-refractivity contribution in [1.29, 1.82) is 0 Å². The standard InChI is InChI=1S/C10H20O2/c1-7-8-12-10(4,5)9(2,3)11-6/h7H,1,8H2,2-6H3. The maximum Gasteiger partial charge on any atom is 0.0913 e. The van der Waals surface area contributed by atoms with Crippen LogP contribution in [0.5, 0.6) is 0 Å². The van der Waals surface area contributed by atoms with Crippen molar-refractivity contribution in [3.05, 3.63) is 12.7 Å². The van der Waals surface area contributed by atoms with Crippen molar-refractivity contribution in [3.8, 4) is 0 Å². The molecule has 0 rings (SSSR count). The molecule has 0 saturated heterocycles. The van der Waals surface area contributed by atoms with Gasteiger partial charge in [-0.05, 0) is 27.7 Å². The van der Waals surface area contributed by atoms with E-state index < -0.39 is 0 Å². The van der Waals surface area contributed by atoms with E-state index in [2.05, 4.69) is 6.58 Å². The number of rotatable bonds is 5. The predicted octanol–water partition coefficient (Wildman–Crippen LogP) is 2.39. The zero-order valence-corrected chi connectivity index (χ0v) is 8.81. The lowest BCUT2D eigenvalue weighted by molar-refractivity contribution is -0.156. The number of hydrogen-bond acceptors (Lipinski definition) is 2. The third-order valence-corrected chi connectivity index (χ3v) is 2.52. The third-order valence-electron chi connectivity index (χ3n) is 2.52. The Bertz CT molecular complexity index is 148. The van der Waals surface area contributed by atoms with Crippen molar-refractivity contribution in [1.82, 2.24) is 0 Å². The van der Waals surface area contributed by atoms with Gasteiger partial charge in [0.2, 0.25) is 0 Å². The van der Waals surface area contributed by atoms with Gasteiger partial charge in [-0.3, -0.25) is 0 Å². The normalized spacial score (nSPS) is 13.1. The van der Waals surface area contributed by atoms with E-state index in [1.54, 1.807) is 13.2 Å². The van der Waals surface area contributed by atoms with Gasteiger partial charge in [0, 0.05) is 7.11 Å². The first-order valence-electron chi connectivity index (χ1n) is 4.17. The number of ether oxygens (including phenoxy) is 2. The third kappa shape index (κ3) is 2.61. The smallest absolute Gasteiger partial charge is 0.0913 e. The molecule has 0 aromatic rings. The molecule has 12 heavy (non-hydrogen) atoms. The average molecular weight is 172 g/mol. The minimum atomic E-state index is -0.296. The van der Waals surface area contributed by atoms with E-state index in [0.717, 1.165) is 0 Å². The summed E-state index contributed by atoms with van der Waals surface area (Å²) in [5.41, 5.74) is -0.577. The van der Waals surface area contributed by atoms with Crippen molar-refractivity contribution >= 4 is 0 Å². The SMILES string of the molecule is C=CCOC(C)(C)C(C)(C)OC. The van der Waals surface area contributed by atoms with E-state index >= 15 is 0 Å². The molecule has 0 fully saturated rings. The fourth-order valence-corrected chi connectivity index (χ4v) is 0.687. The molecule has 2 heteroatoms. The zero-order valence-electron chi connectivity index (χ0n) is 8.81. The fraction of sp³-hybridized carbons (Fsp3) is 0.800. The molecule has 0 aromatic heterocycles. The summed E-state index contributed by atoms with van der Waals surface area (Å²) in [5.74, 6) is 0. The van der Waals surface area contributed by atoms with Crippen molar-refractivity contribution in [3.63, 3.8) is 0 Å². The Labute approximate surface area is 75.6 Å². The molecule has 0 heterocycles. The Kier molecular flexibility index (Phi) is 3.94. The van der Waals surface area contributed by atoms with E-state index in [1.165, 1.54) is 0 Å². The number of hydrogen-bond donors (Lipinski definition) is 0. The van der Waals surface area contributed by atoms with Crippen molar-refractivity contribution in [2.75, 3.05) is 13.7 Å². The molecule has 0 aliphatic heterocycles. The highest BCUT2D eigenvalue weighted by Crippen LogP contribution is 2.27. The maximum absolute atomic E-state index is 5.59. The van der Waals surface area contributed by atoms with Crippen molar-refractivity contribution < 1.29 is 9.47 Å². The highest BCUT2D eigenvalue weighted by atomic mass is 16.6. The maximum atomic E-state index is 5.59. The summed E-state index contributed by atoms with van der Waals surface area (Å²) < 4.78 is 10.9. The van der Waals surface area contributed by atoms with Crippen LogP contribution in [-0.4, -0.2) is 24.9 Å². The molecule has 0 aromatic carbocycles. The average Bonchev–Trinajstić information content (AvgIpc) is 2.00. The van der Waals surface area contributed by atoms with Crippen LogP contribution in [0.25, 0.3) is 0 Å². The van der Waals surface area contributed by atoms with E-state index in [1.807, 2.05) is 27.7 Å². The largest absolute Gasteiger partial charge is 0.376 e. The summed E-state index contributed by atoms with van der Waals surface area (Å²) in [5, 5.41) is 0. The summed E-state index contributed by atoms with van der Waals surface area (Å²) in [7, 11) is 1.69. The first-order valence-corrected chi connectivity index (χ1v) is 4.17. The Hall–Kier alpha value is -0.340. The van der Waals surface area contributed by atoms with Crippen LogP contribution in [0.1, 0.15) is 27.7 Å². The van der Waals surface area contributed by atoms with Crippen LogP contribution in [0.15, 0.2) is 12.7 Å². The van der Waals surface area contributed by atoms with Crippen LogP contribution < -0.4 is 0 Å². The monoisotopic (exact) mass is 172 g/mol. The van der Waals surface area contributed by atoms with Gasteiger partial charge in [0.25, 0.3) is 0 Å². The summed E-state index contributed by atoms with van der Waals surface area (Å²) in [4.78, 5) is 0. The second-order valence-corrected chi connectivity index (χ2v) is 3.82. The summed E-state index contributed by atoms with van der Waals surface area (Å²) in [6.45, 7) is 12.2. The minimum Gasteiger partial charge on any atom is -0.376 e. The van der Waals surface area contributed by atoms with Crippen LogP contribution in [-0.2, 0) is 9.47 Å². The highest BCUT2D eigenvalue weighted by Gasteiger charge is 2.37. The van der Waals surface area contributed by atoms with Crippen LogP contribution in [0, 0.1) is 0 Å². The van der Waals surface area contributed by atoms with Gasteiger partial charge in [0.15, 0.2) is 0 Å². The first-order chi connectivity index (χ1) is 5.37. The molecular formula is C10H20O2. The van der Waals surface area contributed by atoms with Gasteiger partial charge in [0.1, 0.15) is 0 Å². The molecule has 0 aliphatic rings. The molecule has 0 unspecified atom stereocenters. The van der Waals surface area contributed by atoms with E-state index in [4.69, 9.17) is 9.47 Å². The molecule has 0 bridgehead atoms. The molecule has 2 nitrogen and oxygen atoms in total. The van der Waals surface area contributed by atoms with Crippen LogP contribution >= 0.6 is 0 Å². The Morgan fingerprint density at radius 2 is 1.67 bits per heavy atom. The Morgan fingerprint density at radius 3 is 2.00 bits per heavy atom. The van der Waals surface area contributed by atoms with Gasteiger partial charge in [0.05, 0.1) is 17.8 Å². The minimum absolute atomic E-state index is 0.282. The lowest BCUT2D eigenvalue weighted by atomic mass is 9.89. The van der Waals surface area contributed by atoms with E-state index in [-0.39, 0.29) is 11.2 Å². The van der Waals surface area contributed by atoms with Gasteiger partial charge < -0.3 is 9.47 Å². The fourth-order valence-electron chi connectivity index (χ4n) is 0.687. The van der Waals surface area contributed by atoms with Crippen molar-refractivity contribution in [2.45, 2.75) is 38.9 Å². The van der Waals surface area contributed by atoms with Gasteiger partial charge in [-0.15, -0.1) is 6.58 Å². The summed E-state index contributed by atoms with van der Waals surface area (Å²) in [6.07, 6.45) is 1.74. The molecule has 0 radical (unpaired) electrons. The lowest BCUT2D eigenvalue weighted by Crippen LogP contribution is -2.48. The van der Waals surface area contributed by atoms with Crippen LogP contribution in [0.3, 0.4) is 0 Å². The Morgan fingerprint density at radius 1 is 1.17 bits per heavy atom. The Balaban J connectivity index is 4.26. The molecule has 0 saturated carbocycles. The topological polar surface area (TPSA) is 18.5 Å². The molecular weight excluding hydrogens is 152 g/mol. The van der Waals surface area contributed by atoms with Crippen molar-refractivity contribution in [2.24, 2.45) is 0 Å². The van der Waals surface area contributed by atoms with E-state index in [0.29, 0.717) is 6.61 Å². The summed E-state index contributed by atoms with van der Waals surface area (Å²) >= 11 is 0.